The maximum absolute atomic E-state index is 13.4. The number of likely N-dealkylation sites (tertiary alicyclic amines) is 1. The van der Waals surface area contributed by atoms with Gasteiger partial charge in [-0.1, -0.05) is 23.8 Å². The second-order valence-corrected chi connectivity index (χ2v) is 11.8. The van der Waals surface area contributed by atoms with Crippen molar-refractivity contribution in [2.24, 2.45) is 5.92 Å². The third kappa shape index (κ3) is 6.42. The molecule has 2 saturated heterocycles. The first-order chi connectivity index (χ1) is 16.6. The third-order valence-electron chi connectivity index (χ3n) is 6.97. The van der Waals surface area contributed by atoms with E-state index in [1.54, 1.807) is 24.3 Å². The highest BCUT2D eigenvalue weighted by atomic mass is 32.2. The lowest BCUT2D eigenvalue weighted by molar-refractivity contribution is -0.0728. The highest BCUT2D eigenvalue weighted by molar-refractivity contribution is 7.92. The fourth-order valence-electron chi connectivity index (χ4n) is 5.12. The van der Waals surface area contributed by atoms with E-state index in [1.807, 2.05) is 30.9 Å². The first-order valence-corrected chi connectivity index (χ1v) is 14.0. The summed E-state index contributed by atoms with van der Waals surface area (Å²) in [5, 5.41) is 0. The second-order valence-electron chi connectivity index (χ2n) is 10.2. The standard InChI is InChI=1S/C27H37N3O4S/c1-19-5-8-24(9-6-19)28-35(32,33)25-10-7-20(2)26(15-25)27(31)30-13-11-23(12-14-30)18-29-16-21(3)34-22(4)17-29/h5-10,15,21-23,28H,11-14,16-18H2,1-4H3. The summed E-state index contributed by atoms with van der Waals surface area (Å²) in [6.07, 6.45) is 2.43. The first kappa shape index (κ1) is 25.7. The van der Waals surface area contributed by atoms with Crippen LogP contribution in [0.2, 0.25) is 0 Å². The van der Waals surface area contributed by atoms with Crippen LogP contribution in [-0.4, -0.2) is 69.1 Å². The number of rotatable bonds is 6. The van der Waals surface area contributed by atoms with Gasteiger partial charge in [-0.2, -0.15) is 0 Å². The Balaban J connectivity index is 1.40. The Morgan fingerprint density at radius 3 is 2.26 bits per heavy atom. The monoisotopic (exact) mass is 499 g/mol. The fraction of sp³-hybridized carbons (Fsp3) is 0.519. The molecular weight excluding hydrogens is 462 g/mol. The van der Waals surface area contributed by atoms with Crippen molar-refractivity contribution in [3.8, 4) is 0 Å². The maximum atomic E-state index is 13.4. The van der Waals surface area contributed by atoms with Crippen molar-refractivity contribution >= 4 is 21.6 Å². The highest BCUT2D eigenvalue weighted by Crippen LogP contribution is 2.25. The molecule has 1 N–H and O–H groups in total. The van der Waals surface area contributed by atoms with Gasteiger partial charge in [0.1, 0.15) is 0 Å². The lowest BCUT2D eigenvalue weighted by Crippen LogP contribution is -2.48. The number of ether oxygens (including phenoxy) is 1. The molecule has 1 amide bonds. The van der Waals surface area contributed by atoms with Gasteiger partial charge < -0.3 is 9.64 Å². The number of nitrogens with zero attached hydrogens (tertiary/aromatic N) is 2. The van der Waals surface area contributed by atoms with Crippen molar-refractivity contribution in [1.29, 1.82) is 0 Å². The summed E-state index contributed by atoms with van der Waals surface area (Å²) in [6.45, 7) is 12.4. The molecule has 0 aliphatic carbocycles. The number of anilines is 1. The summed E-state index contributed by atoms with van der Waals surface area (Å²) in [7, 11) is -3.80. The average molecular weight is 500 g/mol. The zero-order valence-electron chi connectivity index (χ0n) is 21.2. The van der Waals surface area contributed by atoms with Crippen LogP contribution < -0.4 is 4.72 Å². The van der Waals surface area contributed by atoms with E-state index in [0.717, 1.165) is 43.6 Å². The van der Waals surface area contributed by atoms with Crippen molar-refractivity contribution in [3.63, 3.8) is 0 Å². The van der Waals surface area contributed by atoms with E-state index >= 15 is 0 Å². The van der Waals surface area contributed by atoms with Gasteiger partial charge in [-0.05, 0) is 76.3 Å². The summed E-state index contributed by atoms with van der Waals surface area (Å²) >= 11 is 0. The van der Waals surface area contributed by atoms with E-state index in [4.69, 9.17) is 4.74 Å². The van der Waals surface area contributed by atoms with Crippen LogP contribution in [-0.2, 0) is 14.8 Å². The minimum Gasteiger partial charge on any atom is -0.373 e. The zero-order valence-corrected chi connectivity index (χ0v) is 22.0. The van der Waals surface area contributed by atoms with Crippen molar-refractivity contribution in [3.05, 3.63) is 59.2 Å². The van der Waals surface area contributed by atoms with Gasteiger partial charge in [-0.25, -0.2) is 8.42 Å². The van der Waals surface area contributed by atoms with Crippen LogP contribution in [0, 0.1) is 19.8 Å². The number of morpholine rings is 1. The third-order valence-corrected chi connectivity index (χ3v) is 8.35. The number of amides is 1. The average Bonchev–Trinajstić information content (AvgIpc) is 2.80. The van der Waals surface area contributed by atoms with Gasteiger partial charge in [0.05, 0.1) is 17.1 Å². The predicted molar refractivity (Wildman–Crippen MR) is 138 cm³/mol. The molecule has 190 valence electrons. The Bertz CT molecular complexity index is 1130. The van der Waals surface area contributed by atoms with Gasteiger partial charge in [-0.3, -0.25) is 14.4 Å². The number of benzene rings is 2. The molecule has 0 spiro atoms. The van der Waals surface area contributed by atoms with Crippen molar-refractivity contribution < 1.29 is 17.9 Å². The minimum atomic E-state index is -3.80. The van der Waals surface area contributed by atoms with Gasteiger partial charge in [0.15, 0.2) is 0 Å². The summed E-state index contributed by atoms with van der Waals surface area (Å²) in [4.78, 5) is 17.8. The summed E-state index contributed by atoms with van der Waals surface area (Å²) < 4.78 is 34.4. The molecule has 2 aliphatic rings. The largest absolute Gasteiger partial charge is 0.373 e. The molecule has 0 bridgehead atoms. The molecule has 4 rings (SSSR count). The van der Waals surface area contributed by atoms with Crippen molar-refractivity contribution in [2.45, 2.75) is 57.6 Å². The van der Waals surface area contributed by atoms with Crippen LogP contribution in [0.15, 0.2) is 47.4 Å². The van der Waals surface area contributed by atoms with E-state index in [9.17, 15) is 13.2 Å². The van der Waals surface area contributed by atoms with E-state index in [-0.39, 0.29) is 23.0 Å². The number of nitrogens with one attached hydrogen (secondary N) is 1. The van der Waals surface area contributed by atoms with Crippen molar-refractivity contribution in [2.75, 3.05) is 37.4 Å². The Hall–Kier alpha value is -2.42. The zero-order chi connectivity index (χ0) is 25.2. The van der Waals surface area contributed by atoms with Gasteiger partial charge in [-0.15, -0.1) is 0 Å². The second kappa shape index (κ2) is 10.7. The van der Waals surface area contributed by atoms with Crippen LogP contribution in [0.5, 0.6) is 0 Å². The number of piperidine rings is 1. The number of sulfonamides is 1. The van der Waals surface area contributed by atoms with Crippen LogP contribution in [0.4, 0.5) is 5.69 Å². The Morgan fingerprint density at radius 2 is 1.63 bits per heavy atom. The van der Waals surface area contributed by atoms with Crippen LogP contribution >= 0.6 is 0 Å². The maximum Gasteiger partial charge on any atom is 0.261 e. The molecule has 8 heteroatoms. The number of carbonyl (C=O) groups excluding carboxylic acids is 1. The number of hydrogen-bond donors (Lipinski definition) is 1. The minimum absolute atomic E-state index is 0.0949. The smallest absolute Gasteiger partial charge is 0.261 e. The number of carbonyl (C=O) groups is 1. The van der Waals surface area contributed by atoms with E-state index in [0.29, 0.717) is 30.3 Å². The van der Waals surface area contributed by atoms with E-state index < -0.39 is 10.0 Å². The summed E-state index contributed by atoms with van der Waals surface area (Å²) in [6, 6.07) is 11.9. The first-order valence-electron chi connectivity index (χ1n) is 12.5. The highest BCUT2D eigenvalue weighted by Gasteiger charge is 2.29. The lowest BCUT2D eigenvalue weighted by Gasteiger charge is -2.39. The molecule has 2 aliphatic heterocycles. The van der Waals surface area contributed by atoms with Crippen LogP contribution in [0.3, 0.4) is 0 Å². The summed E-state index contributed by atoms with van der Waals surface area (Å²) in [5.74, 6) is 0.463. The fourth-order valence-corrected chi connectivity index (χ4v) is 6.21. The molecule has 2 fully saturated rings. The molecule has 0 radical (unpaired) electrons. The Kier molecular flexibility index (Phi) is 7.83. The molecule has 2 aromatic carbocycles. The lowest BCUT2D eigenvalue weighted by atomic mass is 9.94. The molecule has 2 heterocycles. The molecule has 0 saturated carbocycles. The Labute approximate surface area is 209 Å². The topological polar surface area (TPSA) is 79.0 Å². The molecule has 35 heavy (non-hydrogen) atoms. The SMILES string of the molecule is Cc1ccc(NS(=O)(=O)c2ccc(C)c(C(=O)N3CCC(CN4CC(C)OC(C)C4)CC3)c2)cc1. The van der Waals surface area contributed by atoms with Gasteiger partial charge in [0.2, 0.25) is 0 Å². The quantitative estimate of drug-likeness (QED) is 0.648. The molecule has 2 unspecified atom stereocenters. The van der Waals surface area contributed by atoms with Gasteiger partial charge >= 0.3 is 0 Å². The van der Waals surface area contributed by atoms with E-state index in [2.05, 4.69) is 23.5 Å². The van der Waals surface area contributed by atoms with Gasteiger partial charge in [0, 0.05) is 44.0 Å². The van der Waals surface area contributed by atoms with E-state index in [1.165, 1.54) is 6.07 Å². The van der Waals surface area contributed by atoms with Crippen LogP contribution in [0.1, 0.15) is 48.2 Å². The molecule has 2 aromatic rings. The number of aryl methyl sites for hydroxylation is 2. The molecule has 7 nitrogen and oxygen atoms in total. The normalized spacial score (nSPS) is 22.2. The molecule has 2 atom stereocenters. The van der Waals surface area contributed by atoms with Crippen molar-refractivity contribution in [1.82, 2.24) is 9.80 Å². The van der Waals surface area contributed by atoms with Gasteiger partial charge in [0.25, 0.3) is 15.9 Å². The van der Waals surface area contributed by atoms with Crippen LogP contribution in [0.25, 0.3) is 0 Å². The molecular formula is C27H37N3O4S. The molecule has 0 aromatic heterocycles. The Morgan fingerprint density at radius 1 is 1.00 bits per heavy atom. The predicted octanol–water partition coefficient (Wildman–Crippen LogP) is 4.07. The summed E-state index contributed by atoms with van der Waals surface area (Å²) in [5.41, 5.74) is 2.78. The number of hydrogen-bond acceptors (Lipinski definition) is 5.